The molecule has 0 unspecified atom stereocenters. The van der Waals surface area contributed by atoms with Crippen molar-refractivity contribution < 1.29 is 28.6 Å². The normalized spacial score (nSPS) is 10.9. The van der Waals surface area contributed by atoms with E-state index in [4.69, 9.17) is 10.5 Å². The molecule has 0 atom stereocenters. The molecule has 0 aliphatic carbocycles. The quantitative estimate of drug-likeness (QED) is 0.246. The fraction of sp³-hybridized carbons (Fsp3) is 0.286. The van der Waals surface area contributed by atoms with E-state index >= 15 is 0 Å². The Hall–Kier alpha value is -4.75. The topological polar surface area (TPSA) is 200 Å². The Morgan fingerprint density at radius 2 is 1.37 bits per heavy atom. The lowest BCUT2D eigenvalue weighted by atomic mass is 10.2. The first kappa shape index (κ1) is 24.9. The zero-order valence-corrected chi connectivity index (χ0v) is 19.6. The number of hydrogen-bond acceptors (Lipinski definition) is 11. The minimum Gasteiger partial charge on any atom is -0.464 e. The monoisotopic (exact) mass is 484 g/mol. The molecule has 4 heterocycles. The zero-order valence-electron chi connectivity index (χ0n) is 19.6. The molecular weight excluding hydrogens is 460 g/mol. The predicted octanol–water partition coefficient (Wildman–Crippen LogP) is 2.42. The maximum Gasteiger partial charge on any atom is 0.412 e. The third kappa shape index (κ3) is 5.61. The van der Waals surface area contributed by atoms with Crippen LogP contribution in [0.5, 0.6) is 0 Å². The molecule has 0 saturated carbocycles. The molecule has 0 aliphatic heterocycles. The van der Waals surface area contributed by atoms with Crippen molar-refractivity contribution in [3.05, 3.63) is 36.4 Å². The number of carbonyl (C=O) groups is 3. The predicted molar refractivity (Wildman–Crippen MR) is 125 cm³/mol. The highest BCUT2D eigenvalue weighted by atomic mass is 16.6. The number of nitrogen functional groups attached to an aromatic ring is 1. The van der Waals surface area contributed by atoms with Crippen molar-refractivity contribution in [2.75, 3.05) is 25.3 Å². The fourth-order valence-corrected chi connectivity index (χ4v) is 2.91. The number of carbonyl (C=O) groups excluding carboxylic acids is 3. The number of amides is 1. The van der Waals surface area contributed by atoms with Gasteiger partial charge in [-0.15, -0.1) is 0 Å². The summed E-state index contributed by atoms with van der Waals surface area (Å²) < 4.78 is 14.4. The van der Waals surface area contributed by atoms with Crippen molar-refractivity contribution in [3.8, 4) is 0 Å². The van der Waals surface area contributed by atoms with Crippen LogP contribution in [-0.2, 0) is 14.2 Å². The summed E-state index contributed by atoms with van der Waals surface area (Å²) in [5, 5.41) is 2.57. The maximum absolute atomic E-state index is 11.8. The molecule has 14 heteroatoms. The van der Waals surface area contributed by atoms with Gasteiger partial charge in [-0.25, -0.2) is 34.3 Å². The molecule has 184 valence electrons. The largest absolute Gasteiger partial charge is 0.464 e. The molecule has 0 aliphatic rings. The molecule has 0 fully saturated rings. The van der Waals surface area contributed by atoms with Gasteiger partial charge in [-0.2, -0.15) is 0 Å². The third-order valence-electron chi connectivity index (χ3n) is 4.35. The number of rotatable bonds is 3. The second-order valence-electron chi connectivity index (χ2n) is 7.95. The minimum absolute atomic E-state index is 0.0970. The van der Waals surface area contributed by atoms with Crippen LogP contribution in [-0.4, -0.2) is 67.8 Å². The molecule has 0 spiro atoms. The van der Waals surface area contributed by atoms with Crippen molar-refractivity contribution in [2.24, 2.45) is 0 Å². The zero-order chi connectivity index (χ0) is 25.8. The summed E-state index contributed by atoms with van der Waals surface area (Å²) in [6, 6.07) is 0. The highest BCUT2D eigenvalue weighted by Gasteiger charge is 2.20. The van der Waals surface area contributed by atoms with E-state index in [1.54, 1.807) is 27.0 Å². The van der Waals surface area contributed by atoms with Gasteiger partial charge in [0.25, 0.3) is 0 Å². The Morgan fingerprint density at radius 1 is 0.857 bits per heavy atom. The number of H-pyrrole nitrogens is 2. The average Bonchev–Trinajstić information content (AvgIpc) is 3.40. The van der Waals surface area contributed by atoms with Crippen LogP contribution in [0, 0.1) is 0 Å². The molecule has 0 saturated heterocycles. The van der Waals surface area contributed by atoms with Gasteiger partial charge in [-0.05, 0) is 20.8 Å². The molecular formula is C21H24N8O6. The summed E-state index contributed by atoms with van der Waals surface area (Å²) in [7, 11) is 2.56. The summed E-state index contributed by atoms with van der Waals surface area (Å²) >= 11 is 0. The van der Waals surface area contributed by atoms with E-state index in [2.05, 4.69) is 44.7 Å². The van der Waals surface area contributed by atoms with Gasteiger partial charge >= 0.3 is 18.0 Å². The first-order valence-electron chi connectivity index (χ1n) is 10.1. The molecule has 35 heavy (non-hydrogen) atoms. The van der Waals surface area contributed by atoms with Crippen LogP contribution in [0.1, 0.15) is 41.7 Å². The highest BCUT2D eigenvalue weighted by molar-refractivity contribution is 6.05. The number of anilines is 2. The highest BCUT2D eigenvalue weighted by Crippen LogP contribution is 2.23. The van der Waals surface area contributed by atoms with Crippen LogP contribution >= 0.6 is 0 Å². The number of fused-ring (bicyclic) bond motifs is 2. The smallest absolute Gasteiger partial charge is 0.412 e. The van der Waals surface area contributed by atoms with Crippen LogP contribution in [0.3, 0.4) is 0 Å². The SMILES string of the molecule is COC(=O)c1ncnc2c(N)c[nH]c12.COC(=O)c1ncnc2c(NC(=O)OC(C)(C)C)c[nH]c12. The Bertz CT molecular complexity index is 1390. The second kappa shape index (κ2) is 10.0. The number of nitrogens with zero attached hydrogens (tertiary/aromatic N) is 4. The number of nitrogens with one attached hydrogen (secondary N) is 3. The van der Waals surface area contributed by atoms with Crippen molar-refractivity contribution in [2.45, 2.75) is 26.4 Å². The number of ether oxygens (including phenoxy) is 3. The van der Waals surface area contributed by atoms with Crippen LogP contribution < -0.4 is 11.1 Å². The first-order valence-corrected chi connectivity index (χ1v) is 10.1. The number of aromatic nitrogens is 6. The van der Waals surface area contributed by atoms with E-state index in [1.807, 2.05) is 0 Å². The van der Waals surface area contributed by atoms with Crippen LogP contribution in [0.25, 0.3) is 22.1 Å². The van der Waals surface area contributed by atoms with Gasteiger partial charge in [-0.3, -0.25) is 5.32 Å². The van der Waals surface area contributed by atoms with Gasteiger partial charge in [0.05, 0.1) is 25.6 Å². The Kier molecular flexibility index (Phi) is 7.13. The molecule has 4 rings (SSSR count). The number of hydrogen-bond donors (Lipinski definition) is 4. The lowest BCUT2D eigenvalue weighted by Crippen LogP contribution is -2.27. The third-order valence-corrected chi connectivity index (χ3v) is 4.35. The fourth-order valence-electron chi connectivity index (χ4n) is 2.91. The van der Waals surface area contributed by atoms with Gasteiger partial charge in [0.2, 0.25) is 0 Å². The van der Waals surface area contributed by atoms with Crippen LogP contribution in [0.4, 0.5) is 16.2 Å². The second-order valence-corrected chi connectivity index (χ2v) is 7.95. The van der Waals surface area contributed by atoms with Crippen molar-refractivity contribution in [1.29, 1.82) is 0 Å². The Labute approximate surface area is 198 Å². The van der Waals surface area contributed by atoms with Gasteiger partial charge < -0.3 is 29.9 Å². The average molecular weight is 484 g/mol. The summed E-state index contributed by atoms with van der Waals surface area (Å²) in [6.07, 6.45) is 4.96. The summed E-state index contributed by atoms with van der Waals surface area (Å²) in [4.78, 5) is 56.0. The molecule has 4 aromatic heterocycles. The lowest BCUT2D eigenvalue weighted by molar-refractivity contribution is 0.0587. The summed E-state index contributed by atoms with van der Waals surface area (Å²) in [5.74, 6) is -1.10. The van der Waals surface area contributed by atoms with E-state index in [0.29, 0.717) is 33.4 Å². The number of methoxy groups -OCH3 is 2. The van der Waals surface area contributed by atoms with E-state index in [1.165, 1.54) is 33.1 Å². The number of nitrogens with two attached hydrogens (primary N) is 1. The molecule has 4 aromatic rings. The van der Waals surface area contributed by atoms with E-state index in [0.717, 1.165) is 0 Å². The molecule has 14 nitrogen and oxygen atoms in total. The summed E-state index contributed by atoms with van der Waals surface area (Å²) in [5.41, 5.74) is 7.97. The molecule has 0 aromatic carbocycles. The minimum atomic E-state index is -0.610. The van der Waals surface area contributed by atoms with Crippen molar-refractivity contribution >= 4 is 51.5 Å². The van der Waals surface area contributed by atoms with Crippen molar-refractivity contribution in [3.63, 3.8) is 0 Å². The molecule has 0 bridgehead atoms. The Morgan fingerprint density at radius 3 is 1.91 bits per heavy atom. The van der Waals surface area contributed by atoms with E-state index < -0.39 is 23.6 Å². The standard InChI is InChI=1S/C13H16N4O4.C8H8N4O2/c1-13(2,3)21-12(19)17-7-5-14-9-8(7)15-6-16-10(9)11(18)20-4;1-14-8(13)7-6-5(11-3-12-7)4(9)2-10-6/h5-6,14H,1-4H3,(H,17,19);2-3,10H,9H2,1H3. The van der Waals surface area contributed by atoms with Crippen LogP contribution in [0.15, 0.2) is 25.0 Å². The van der Waals surface area contributed by atoms with E-state index in [-0.39, 0.29) is 11.4 Å². The van der Waals surface area contributed by atoms with Crippen LogP contribution in [0.2, 0.25) is 0 Å². The lowest BCUT2D eigenvalue weighted by Gasteiger charge is -2.19. The van der Waals surface area contributed by atoms with Gasteiger partial charge in [0, 0.05) is 12.4 Å². The summed E-state index contributed by atoms with van der Waals surface area (Å²) in [6.45, 7) is 5.29. The van der Waals surface area contributed by atoms with Gasteiger partial charge in [0.15, 0.2) is 11.4 Å². The van der Waals surface area contributed by atoms with Gasteiger partial charge in [0.1, 0.15) is 40.3 Å². The van der Waals surface area contributed by atoms with Gasteiger partial charge in [-0.1, -0.05) is 0 Å². The van der Waals surface area contributed by atoms with E-state index in [9.17, 15) is 14.4 Å². The molecule has 5 N–H and O–H groups in total. The maximum atomic E-state index is 11.8. The molecule has 1 amide bonds. The first-order chi connectivity index (χ1) is 16.6. The Balaban J connectivity index is 0.000000211. The number of esters is 2. The molecule has 0 radical (unpaired) electrons. The number of aromatic amines is 2. The van der Waals surface area contributed by atoms with Crippen molar-refractivity contribution in [1.82, 2.24) is 29.9 Å².